The van der Waals surface area contributed by atoms with Crippen LogP contribution in [0.25, 0.3) is 0 Å². The molecule has 1 unspecified atom stereocenters. The van der Waals surface area contributed by atoms with Gasteiger partial charge in [0.15, 0.2) is 6.10 Å². The van der Waals surface area contributed by atoms with Gasteiger partial charge in [0.2, 0.25) is 0 Å². The summed E-state index contributed by atoms with van der Waals surface area (Å²) in [6.45, 7) is 4.71. The number of ether oxygens (including phenoxy) is 1. The highest BCUT2D eigenvalue weighted by molar-refractivity contribution is 5.78. The van der Waals surface area contributed by atoms with Crippen LogP contribution in [0.15, 0.2) is 0 Å². The van der Waals surface area contributed by atoms with Crippen molar-refractivity contribution in [2.45, 2.75) is 64.9 Å². The number of hydrogen-bond donors (Lipinski definition) is 0. The lowest BCUT2D eigenvalue weighted by molar-refractivity contribution is -0.340. The van der Waals surface area contributed by atoms with E-state index in [0.29, 0.717) is 11.8 Å². The van der Waals surface area contributed by atoms with E-state index in [0.717, 1.165) is 32.1 Å². The predicted molar refractivity (Wildman–Crippen MR) is 79.8 cm³/mol. The number of esters is 1. The molecule has 4 saturated carbocycles. The Labute approximate surface area is 140 Å². The molecule has 0 saturated heterocycles. The van der Waals surface area contributed by atoms with E-state index in [9.17, 15) is 23.5 Å². The third-order valence-electron chi connectivity index (χ3n) is 6.13. The van der Waals surface area contributed by atoms with E-state index in [2.05, 4.69) is 0 Å². The Morgan fingerprint density at radius 1 is 1.00 bits per heavy atom. The van der Waals surface area contributed by atoms with Gasteiger partial charge >= 0.3 is 11.9 Å². The molecule has 1 atom stereocenters. The van der Waals surface area contributed by atoms with Gasteiger partial charge in [-0.1, -0.05) is 0 Å². The highest BCUT2D eigenvalue weighted by Gasteiger charge is 2.58. The van der Waals surface area contributed by atoms with E-state index in [1.54, 1.807) is 20.8 Å². The first-order valence-corrected chi connectivity index (χ1v) is 8.80. The van der Waals surface area contributed by atoms with Crippen LogP contribution in [-0.2, 0) is 14.3 Å². The van der Waals surface area contributed by atoms with Crippen molar-refractivity contribution < 1.29 is 28.2 Å². The van der Waals surface area contributed by atoms with Crippen LogP contribution in [0.5, 0.6) is 0 Å². The molecule has 0 radical (unpaired) electrons. The fourth-order valence-electron chi connectivity index (χ4n) is 5.26. The van der Waals surface area contributed by atoms with Crippen molar-refractivity contribution in [1.82, 2.24) is 0 Å². The van der Waals surface area contributed by atoms with Gasteiger partial charge in [0.25, 0.3) is 0 Å². The number of halogens is 2. The molecule has 4 rings (SSSR count). The maximum atomic E-state index is 14.4. The van der Waals surface area contributed by atoms with Crippen molar-refractivity contribution in [3.63, 3.8) is 0 Å². The lowest BCUT2D eigenvalue weighted by Crippen LogP contribution is -2.60. The second-order valence-corrected chi connectivity index (χ2v) is 8.99. The number of carbonyl (C=O) groups is 2. The Kier molecular flexibility index (Phi) is 4.16. The largest absolute Gasteiger partial charge is 0.544 e. The Hall–Kier alpha value is -1.20. The van der Waals surface area contributed by atoms with Crippen LogP contribution in [0.1, 0.15) is 52.9 Å². The Morgan fingerprint density at radius 2 is 1.46 bits per heavy atom. The number of carbonyl (C=O) groups excluding carboxylic acids is 2. The molecular weight excluding hydrogens is 318 g/mol. The average molecular weight is 343 g/mol. The second kappa shape index (κ2) is 5.67. The molecule has 4 aliphatic carbocycles. The van der Waals surface area contributed by atoms with E-state index in [4.69, 9.17) is 4.74 Å². The number of carboxylic acid groups (broad SMARTS) is 1. The summed E-state index contributed by atoms with van der Waals surface area (Å²) in [7, 11) is 0. The molecule has 4 aliphatic rings. The lowest BCUT2D eigenvalue weighted by Gasteiger charge is -2.56. The molecule has 0 aromatic carbocycles. The first-order valence-electron chi connectivity index (χ1n) is 8.80. The number of rotatable bonds is 4. The zero-order valence-corrected chi connectivity index (χ0v) is 14.4. The maximum Gasteiger partial charge on any atom is 0.323 e. The highest BCUT2D eigenvalue weighted by Crippen LogP contribution is 2.59. The van der Waals surface area contributed by atoms with Gasteiger partial charge in [0, 0.05) is 5.92 Å². The molecule has 4 fully saturated rings. The standard InChI is InChI=1S/C18H26F2O4/c1-17(2,3)16(23)24-14(18(19,20)15(21)22)13-11-5-9-4-10(7-11)8-12(13)6-9/h9-14H,4-8H2,1-3H3,(H,21,22)/p-1. The Morgan fingerprint density at radius 3 is 1.83 bits per heavy atom. The van der Waals surface area contributed by atoms with Crippen molar-refractivity contribution in [3.8, 4) is 0 Å². The van der Waals surface area contributed by atoms with Crippen LogP contribution < -0.4 is 5.11 Å². The monoisotopic (exact) mass is 343 g/mol. The summed E-state index contributed by atoms with van der Waals surface area (Å²) < 4.78 is 34.0. The van der Waals surface area contributed by atoms with Gasteiger partial charge in [-0.2, -0.15) is 8.78 Å². The average Bonchev–Trinajstić information content (AvgIpc) is 2.43. The third-order valence-corrected chi connectivity index (χ3v) is 6.13. The van der Waals surface area contributed by atoms with Crippen LogP contribution in [0.2, 0.25) is 0 Å². The van der Waals surface area contributed by atoms with Crippen LogP contribution in [-0.4, -0.2) is 24.0 Å². The smallest absolute Gasteiger partial charge is 0.323 e. The SMILES string of the molecule is CC(C)(C)C(=O)OC(C1C2CC3CC(C2)CC1C3)C(F)(F)C(=O)[O-]. The summed E-state index contributed by atoms with van der Waals surface area (Å²) in [5, 5.41) is 11.1. The highest BCUT2D eigenvalue weighted by atomic mass is 19.3. The van der Waals surface area contributed by atoms with Crippen molar-refractivity contribution in [2.75, 3.05) is 0 Å². The Bertz CT molecular complexity index is 510. The predicted octanol–water partition coefficient (Wildman–Crippen LogP) is 2.40. The minimum absolute atomic E-state index is 0.0178. The zero-order valence-electron chi connectivity index (χ0n) is 14.4. The van der Waals surface area contributed by atoms with Crippen LogP contribution in [0.4, 0.5) is 8.78 Å². The van der Waals surface area contributed by atoms with Gasteiger partial charge in [-0.15, -0.1) is 0 Å². The molecule has 0 N–H and O–H groups in total. The molecule has 24 heavy (non-hydrogen) atoms. The summed E-state index contributed by atoms with van der Waals surface area (Å²) in [6, 6.07) is 0. The number of aliphatic carboxylic acids is 1. The molecule has 0 amide bonds. The fourth-order valence-corrected chi connectivity index (χ4v) is 5.26. The molecule has 0 aromatic heterocycles. The van der Waals surface area contributed by atoms with Crippen molar-refractivity contribution >= 4 is 11.9 Å². The van der Waals surface area contributed by atoms with Gasteiger partial charge in [0.05, 0.1) is 5.41 Å². The molecule has 6 heteroatoms. The van der Waals surface area contributed by atoms with E-state index in [1.165, 1.54) is 0 Å². The number of carboxylic acids is 1. The van der Waals surface area contributed by atoms with Crippen LogP contribution in [0.3, 0.4) is 0 Å². The van der Waals surface area contributed by atoms with Gasteiger partial charge < -0.3 is 14.6 Å². The molecule has 0 aromatic rings. The van der Waals surface area contributed by atoms with Gasteiger partial charge in [0.1, 0.15) is 5.97 Å². The molecular formula is C18H25F2O4-. The quantitative estimate of drug-likeness (QED) is 0.735. The summed E-state index contributed by atoms with van der Waals surface area (Å²) in [4.78, 5) is 23.3. The topological polar surface area (TPSA) is 66.4 Å². The van der Waals surface area contributed by atoms with Gasteiger partial charge in [-0.3, -0.25) is 4.79 Å². The summed E-state index contributed by atoms with van der Waals surface area (Å²) in [5.41, 5.74) is -0.966. The van der Waals surface area contributed by atoms with E-state index >= 15 is 0 Å². The van der Waals surface area contributed by atoms with E-state index in [1.807, 2.05) is 0 Å². The minimum Gasteiger partial charge on any atom is -0.544 e. The summed E-state index contributed by atoms with van der Waals surface area (Å²) >= 11 is 0. The molecule has 4 nitrogen and oxygen atoms in total. The van der Waals surface area contributed by atoms with Gasteiger partial charge in [-0.25, -0.2) is 0 Å². The Balaban J connectivity index is 1.90. The molecule has 0 heterocycles. The van der Waals surface area contributed by atoms with Crippen molar-refractivity contribution in [2.24, 2.45) is 35.0 Å². The van der Waals surface area contributed by atoms with Crippen molar-refractivity contribution in [3.05, 3.63) is 0 Å². The first-order chi connectivity index (χ1) is 11.0. The fraction of sp³-hybridized carbons (Fsp3) is 0.889. The van der Waals surface area contributed by atoms with Crippen LogP contribution >= 0.6 is 0 Å². The third kappa shape index (κ3) is 2.93. The summed E-state index contributed by atoms with van der Waals surface area (Å²) in [6.07, 6.45) is 2.58. The number of alkyl halides is 2. The maximum absolute atomic E-state index is 14.4. The second-order valence-electron chi connectivity index (χ2n) is 8.99. The summed E-state index contributed by atoms with van der Waals surface area (Å²) in [5.74, 6) is -6.85. The molecule has 4 bridgehead atoms. The minimum atomic E-state index is -4.17. The lowest BCUT2D eigenvalue weighted by atomic mass is 9.50. The van der Waals surface area contributed by atoms with E-state index in [-0.39, 0.29) is 11.8 Å². The van der Waals surface area contributed by atoms with Crippen molar-refractivity contribution in [1.29, 1.82) is 0 Å². The molecule has 0 aliphatic heterocycles. The van der Waals surface area contributed by atoms with E-state index < -0.39 is 35.3 Å². The van der Waals surface area contributed by atoms with Crippen LogP contribution in [0, 0.1) is 35.0 Å². The number of hydrogen-bond acceptors (Lipinski definition) is 4. The zero-order chi connectivity index (χ0) is 17.9. The molecule has 136 valence electrons. The molecule has 0 spiro atoms. The van der Waals surface area contributed by atoms with Gasteiger partial charge in [-0.05, 0) is 76.5 Å². The first kappa shape index (κ1) is 17.6. The normalized spacial score (nSPS) is 36.5.